The van der Waals surface area contributed by atoms with Gasteiger partial charge in [-0.2, -0.15) is 0 Å². The van der Waals surface area contributed by atoms with Crippen molar-refractivity contribution in [3.63, 3.8) is 0 Å². The van der Waals surface area contributed by atoms with Crippen LogP contribution in [0.15, 0.2) is 12.1 Å². The fourth-order valence-corrected chi connectivity index (χ4v) is 2.23. The van der Waals surface area contributed by atoms with Gasteiger partial charge in [0.25, 0.3) is 5.91 Å². The molecule has 1 atom stereocenters. The number of carbonyl (C=O) groups excluding carboxylic acids is 1. The molecule has 0 aliphatic heterocycles. The molecule has 0 saturated heterocycles. The van der Waals surface area contributed by atoms with Crippen molar-refractivity contribution in [1.29, 1.82) is 0 Å². The number of alkyl halides is 1. The van der Waals surface area contributed by atoms with Gasteiger partial charge in [-0.05, 0) is 12.3 Å². The van der Waals surface area contributed by atoms with Crippen LogP contribution >= 0.6 is 11.6 Å². The van der Waals surface area contributed by atoms with Crippen molar-refractivity contribution in [2.24, 2.45) is 5.92 Å². The molecular weight excluding hydrogens is 294 g/mol. The summed E-state index contributed by atoms with van der Waals surface area (Å²) in [6, 6.07) is 3.25. The van der Waals surface area contributed by atoms with Gasteiger partial charge in [-0.15, -0.1) is 11.6 Å². The van der Waals surface area contributed by atoms with E-state index in [1.807, 2.05) is 6.92 Å². The number of ether oxygens (including phenoxy) is 3. The highest BCUT2D eigenvalue weighted by atomic mass is 35.5. The molecule has 0 heterocycles. The Morgan fingerprint density at radius 1 is 1.14 bits per heavy atom. The Balaban J connectivity index is 2.92. The summed E-state index contributed by atoms with van der Waals surface area (Å²) in [6.45, 7) is 2.59. The first-order chi connectivity index (χ1) is 10.1. The SMILES string of the molecule is COc1cc(OC)c(C(=O)NCC(C)CCCl)cc1OC. The molecule has 1 aromatic rings. The van der Waals surface area contributed by atoms with Crippen LogP contribution in [-0.4, -0.2) is 39.7 Å². The standard InChI is InChI=1S/C15H22ClNO4/c1-10(5-6-16)9-17-15(18)11-7-13(20-3)14(21-4)8-12(11)19-2/h7-8,10H,5-6,9H2,1-4H3,(H,17,18). The third-order valence-electron chi connectivity index (χ3n) is 3.16. The van der Waals surface area contributed by atoms with Gasteiger partial charge in [0.15, 0.2) is 11.5 Å². The average Bonchev–Trinajstić information content (AvgIpc) is 2.51. The van der Waals surface area contributed by atoms with E-state index in [4.69, 9.17) is 25.8 Å². The highest BCUT2D eigenvalue weighted by Crippen LogP contribution is 2.34. The van der Waals surface area contributed by atoms with Gasteiger partial charge in [0.2, 0.25) is 0 Å². The highest BCUT2D eigenvalue weighted by Gasteiger charge is 2.18. The number of nitrogens with one attached hydrogen (secondary N) is 1. The van der Waals surface area contributed by atoms with Crippen LogP contribution in [-0.2, 0) is 0 Å². The molecular formula is C15H22ClNO4. The second kappa shape index (κ2) is 8.62. The molecule has 0 radical (unpaired) electrons. The second-order valence-electron chi connectivity index (χ2n) is 4.70. The van der Waals surface area contributed by atoms with E-state index in [1.54, 1.807) is 12.1 Å². The Morgan fingerprint density at radius 3 is 2.24 bits per heavy atom. The van der Waals surface area contributed by atoms with Crippen LogP contribution in [0.5, 0.6) is 17.2 Å². The molecule has 0 spiro atoms. The Bertz CT molecular complexity index is 479. The fourth-order valence-electron chi connectivity index (χ4n) is 1.86. The fraction of sp³-hybridized carbons (Fsp3) is 0.533. The number of hydrogen-bond donors (Lipinski definition) is 1. The van der Waals surface area contributed by atoms with Crippen LogP contribution in [0, 0.1) is 5.92 Å². The van der Waals surface area contributed by atoms with Crippen molar-refractivity contribution in [2.45, 2.75) is 13.3 Å². The number of carbonyl (C=O) groups is 1. The first-order valence-electron chi connectivity index (χ1n) is 6.71. The third-order valence-corrected chi connectivity index (χ3v) is 3.38. The van der Waals surface area contributed by atoms with Gasteiger partial charge < -0.3 is 19.5 Å². The normalized spacial score (nSPS) is 11.7. The minimum atomic E-state index is -0.214. The smallest absolute Gasteiger partial charge is 0.255 e. The Hall–Kier alpha value is -1.62. The summed E-state index contributed by atoms with van der Waals surface area (Å²) in [5.74, 6) is 2.12. The quantitative estimate of drug-likeness (QED) is 0.749. The molecule has 118 valence electrons. The molecule has 1 amide bonds. The summed E-state index contributed by atoms with van der Waals surface area (Å²) >= 11 is 5.69. The van der Waals surface area contributed by atoms with E-state index in [-0.39, 0.29) is 5.91 Å². The summed E-state index contributed by atoms with van der Waals surface area (Å²) in [6.07, 6.45) is 0.852. The number of benzene rings is 1. The molecule has 1 unspecified atom stereocenters. The highest BCUT2D eigenvalue weighted by molar-refractivity contribution is 6.17. The van der Waals surface area contributed by atoms with E-state index >= 15 is 0 Å². The third kappa shape index (κ3) is 4.70. The summed E-state index contributed by atoms with van der Waals surface area (Å²) < 4.78 is 15.7. The summed E-state index contributed by atoms with van der Waals surface area (Å²) in [5.41, 5.74) is 0.410. The Labute approximate surface area is 130 Å². The Kier molecular flexibility index (Phi) is 7.15. The van der Waals surface area contributed by atoms with E-state index in [2.05, 4.69) is 5.32 Å². The summed E-state index contributed by atoms with van der Waals surface area (Å²) in [7, 11) is 4.56. The predicted octanol–water partition coefficient (Wildman–Crippen LogP) is 2.71. The minimum Gasteiger partial charge on any atom is -0.496 e. The van der Waals surface area contributed by atoms with Gasteiger partial charge in [0, 0.05) is 24.6 Å². The van der Waals surface area contributed by atoms with Gasteiger partial charge in [0.1, 0.15) is 5.75 Å². The van der Waals surface area contributed by atoms with E-state index < -0.39 is 0 Å². The van der Waals surface area contributed by atoms with E-state index in [1.165, 1.54) is 21.3 Å². The van der Waals surface area contributed by atoms with Gasteiger partial charge in [-0.1, -0.05) is 6.92 Å². The van der Waals surface area contributed by atoms with Crippen LogP contribution in [0.3, 0.4) is 0 Å². The molecule has 0 fully saturated rings. The lowest BCUT2D eigenvalue weighted by molar-refractivity contribution is 0.0944. The van der Waals surface area contributed by atoms with Crippen LogP contribution < -0.4 is 19.5 Å². The van der Waals surface area contributed by atoms with Gasteiger partial charge in [0.05, 0.1) is 26.9 Å². The van der Waals surface area contributed by atoms with Gasteiger partial charge in [-0.3, -0.25) is 4.79 Å². The van der Waals surface area contributed by atoms with Crippen molar-refractivity contribution in [1.82, 2.24) is 5.32 Å². The van der Waals surface area contributed by atoms with Crippen LogP contribution in [0.25, 0.3) is 0 Å². The van der Waals surface area contributed by atoms with E-state index in [9.17, 15) is 4.79 Å². The maximum absolute atomic E-state index is 12.3. The molecule has 0 saturated carbocycles. The molecule has 0 bridgehead atoms. The Morgan fingerprint density at radius 2 is 1.71 bits per heavy atom. The van der Waals surface area contributed by atoms with Gasteiger partial charge >= 0.3 is 0 Å². The molecule has 21 heavy (non-hydrogen) atoms. The predicted molar refractivity (Wildman–Crippen MR) is 82.9 cm³/mol. The lowest BCUT2D eigenvalue weighted by Crippen LogP contribution is -2.28. The molecule has 0 aliphatic carbocycles. The monoisotopic (exact) mass is 315 g/mol. The lowest BCUT2D eigenvalue weighted by atomic mass is 10.1. The van der Waals surface area contributed by atoms with Crippen molar-refractivity contribution in [3.8, 4) is 17.2 Å². The van der Waals surface area contributed by atoms with Gasteiger partial charge in [-0.25, -0.2) is 0 Å². The first-order valence-corrected chi connectivity index (χ1v) is 7.25. The number of hydrogen-bond acceptors (Lipinski definition) is 4. The number of rotatable bonds is 8. The van der Waals surface area contributed by atoms with E-state index in [0.29, 0.717) is 41.2 Å². The lowest BCUT2D eigenvalue weighted by Gasteiger charge is -2.15. The maximum atomic E-state index is 12.3. The second-order valence-corrected chi connectivity index (χ2v) is 5.08. The maximum Gasteiger partial charge on any atom is 0.255 e. The number of halogens is 1. The molecule has 1 rings (SSSR count). The molecule has 0 aliphatic rings. The largest absolute Gasteiger partial charge is 0.496 e. The zero-order valence-electron chi connectivity index (χ0n) is 12.9. The summed E-state index contributed by atoms with van der Waals surface area (Å²) in [4.78, 5) is 12.3. The van der Waals surface area contributed by atoms with Crippen molar-refractivity contribution in [2.75, 3.05) is 33.8 Å². The molecule has 1 N–H and O–H groups in total. The zero-order chi connectivity index (χ0) is 15.8. The van der Waals surface area contributed by atoms with Crippen LogP contribution in [0.2, 0.25) is 0 Å². The zero-order valence-corrected chi connectivity index (χ0v) is 13.6. The average molecular weight is 316 g/mol. The molecule has 5 nitrogen and oxygen atoms in total. The van der Waals surface area contributed by atoms with Crippen molar-refractivity contribution < 1.29 is 19.0 Å². The van der Waals surface area contributed by atoms with Crippen molar-refractivity contribution in [3.05, 3.63) is 17.7 Å². The minimum absolute atomic E-state index is 0.214. The van der Waals surface area contributed by atoms with Crippen LogP contribution in [0.1, 0.15) is 23.7 Å². The summed E-state index contributed by atoms with van der Waals surface area (Å²) in [5, 5.41) is 2.87. The molecule has 0 aromatic heterocycles. The topological polar surface area (TPSA) is 56.8 Å². The van der Waals surface area contributed by atoms with Crippen LogP contribution in [0.4, 0.5) is 0 Å². The first kappa shape index (κ1) is 17.4. The number of amides is 1. The van der Waals surface area contributed by atoms with E-state index in [0.717, 1.165) is 6.42 Å². The van der Waals surface area contributed by atoms with Crippen molar-refractivity contribution >= 4 is 17.5 Å². The number of methoxy groups -OCH3 is 3. The molecule has 6 heteroatoms. The molecule has 1 aromatic carbocycles.